The number of rotatable bonds is 2. The van der Waals surface area contributed by atoms with Crippen molar-refractivity contribution in [3.63, 3.8) is 0 Å². The molecule has 0 unspecified atom stereocenters. The van der Waals surface area contributed by atoms with Gasteiger partial charge >= 0.3 is 0 Å². The van der Waals surface area contributed by atoms with Gasteiger partial charge in [-0.3, -0.25) is 0 Å². The molecule has 0 aromatic carbocycles. The van der Waals surface area contributed by atoms with Gasteiger partial charge in [0.1, 0.15) is 0 Å². The van der Waals surface area contributed by atoms with E-state index in [1.165, 1.54) is 12.8 Å². The van der Waals surface area contributed by atoms with Crippen LogP contribution in [0.5, 0.6) is 0 Å². The van der Waals surface area contributed by atoms with E-state index in [1.54, 1.807) is 0 Å². The topological polar surface area (TPSA) is 33.6 Å². The summed E-state index contributed by atoms with van der Waals surface area (Å²) in [4.78, 5) is 7.66. The molecule has 0 saturated heterocycles. The fraction of sp³-hybridized carbons (Fsp3) is 0.455. The molecule has 1 fully saturated rings. The third kappa shape index (κ3) is 1.59. The van der Waals surface area contributed by atoms with Gasteiger partial charge in [0.05, 0.1) is 5.52 Å². The van der Waals surface area contributed by atoms with E-state index < -0.39 is 0 Å². The van der Waals surface area contributed by atoms with Crippen molar-refractivity contribution in [2.75, 3.05) is 0 Å². The Bertz CT molecular complexity index is 563. The number of H-pyrrole nitrogens is 1. The summed E-state index contributed by atoms with van der Waals surface area (Å²) < 4.78 is 2.93. The van der Waals surface area contributed by atoms with Gasteiger partial charge in [0.15, 0.2) is 10.4 Å². The minimum absolute atomic E-state index is 0.801. The number of aryl methyl sites for hydroxylation is 1. The maximum Gasteiger partial charge on any atom is 0.179 e. The summed E-state index contributed by atoms with van der Waals surface area (Å²) in [6.45, 7) is 3.07. The lowest BCUT2D eigenvalue weighted by atomic mass is 10.3. The van der Waals surface area contributed by atoms with Gasteiger partial charge in [0.2, 0.25) is 0 Å². The van der Waals surface area contributed by atoms with E-state index >= 15 is 0 Å². The Morgan fingerprint density at radius 3 is 3.13 bits per heavy atom. The number of nitrogens with zero attached hydrogens (tertiary/aromatic N) is 2. The lowest BCUT2D eigenvalue weighted by Gasteiger charge is -2.01. The van der Waals surface area contributed by atoms with Gasteiger partial charge in [0, 0.05) is 12.7 Å². The lowest BCUT2D eigenvalue weighted by Crippen LogP contribution is -2.00. The molecule has 0 amide bonds. The molecule has 1 aliphatic carbocycles. The standard InChI is InChI=1S/C11H13N3S/c1-7-4-9-10(12-5-7)14(11(15)13-9)6-8-2-3-8/h4-5,8H,2-3,6H2,1H3,(H,13,15). The normalized spacial score (nSPS) is 16.1. The van der Waals surface area contributed by atoms with Crippen LogP contribution in [0.25, 0.3) is 11.2 Å². The first-order valence-electron chi connectivity index (χ1n) is 5.29. The highest BCUT2D eigenvalue weighted by Gasteiger charge is 2.23. The van der Waals surface area contributed by atoms with Gasteiger partial charge in [-0.2, -0.15) is 0 Å². The quantitative estimate of drug-likeness (QED) is 0.788. The summed E-state index contributed by atoms with van der Waals surface area (Å²) in [5.41, 5.74) is 3.22. The fourth-order valence-electron chi connectivity index (χ4n) is 1.88. The summed E-state index contributed by atoms with van der Waals surface area (Å²) in [6.07, 6.45) is 4.56. The molecule has 0 spiro atoms. The van der Waals surface area contributed by atoms with Gasteiger partial charge in [-0.25, -0.2) is 4.98 Å². The summed E-state index contributed by atoms with van der Waals surface area (Å²) in [5, 5.41) is 0. The van der Waals surface area contributed by atoms with Gasteiger partial charge < -0.3 is 9.55 Å². The van der Waals surface area contributed by atoms with E-state index in [2.05, 4.69) is 20.6 Å². The molecule has 15 heavy (non-hydrogen) atoms. The summed E-state index contributed by atoms with van der Waals surface area (Å²) in [7, 11) is 0. The summed E-state index contributed by atoms with van der Waals surface area (Å²) in [6, 6.07) is 2.10. The Kier molecular flexibility index (Phi) is 1.92. The maximum absolute atomic E-state index is 5.31. The lowest BCUT2D eigenvalue weighted by molar-refractivity contribution is 0.631. The third-order valence-corrected chi connectivity index (χ3v) is 3.21. The first-order valence-corrected chi connectivity index (χ1v) is 5.70. The van der Waals surface area contributed by atoms with E-state index in [9.17, 15) is 0 Å². The van der Waals surface area contributed by atoms with Crippen LogP contribution in [0.2, 0.25) is 0 Å². The Hall–Kier alpha value is -1.16. The molecule has 1 N–H and O–H groups in total. The second-order valence-corrected chi connectivity index (χ2v) is 4.75. The number of aromatic amines is 1. The maximum atomic E-state index is 5.31. The molecule has 1 saturated carbocycles. The van der Waals surface area contributed by atoms with Gasteiger partial charge in [-0.05, 0) is 49.5 Å². The van der Waals surface area contributed by atoms with Crippen LogP contribution in [-0.4, -0.2) is 14.5 Å². The highest BCUT2D eigenvalue weighted by atomic mass is 32.1. The number of nitrogens with one attached hydrogen (secondary N) is 1. The number of hydrogen-bond acceptors (Lipinski definition) is 2. The van der Waals surface area contributed by atoms with Crippen LogP contribution in [0, 0.1) is 17.6 Å². The molecule has 2 aromatic heterocycles. The van der Waals surface area contributed by atoms with Crippen LogP contribution >= 0.6 is 12.2 Å². The van der Waals surface area contributed by atoms with E-state index in [0.717, 1.165) is 34.0 Å². The molecule has 0 radical (unpaired) electrons. The van der Waals surface area contributed by atoms with Crippen molar-refractivity contribution < 1.29 is 0 Å². The number of pyridine rings is 1. The monoisotopic (exact) mass is 219 g/mol. The Morgan fingerprint density at radius 1 is 1.60 bits per heavy atom. The van der Waals surface area contributed by atoms with Crippen molar-refractivity contribution in [2.45, 2.75) is 26.3 Å². The Labute approximate surface area is 93.1 Å². The predicted octanol–water partition coefficient (Wildman–Crippen LogP) is 2.81. The summed E-state index contributed by atoms with van der Waals surface area (Å²) in [5.74, 6) is 0.818. The van der Waals surface area contributed by atoms with E-state index in [0.29, 0.717) is 0 Å². The van der Waals surface area contributed by atoms with E-state index in [1.807, 2.05) is 13.1 Å². The minimum Gasteiger partial charge on any atom is -0.329 e. The van der Waals surface area contributed by atoms with Gasteiger partial charge in [-0.1, -0.05) is 0 Å². The van der Waals surface area contributed by atoms with E-state index in [4.69, 9.17) is 12.2 Å². The molecular formula is C11H13N3S. The molecule has 0 atom stereocenters. The molecule has 0 bridgehead atoms. The minimum atomic E-state index is 0.801. The van der Waals surface area contributed by atoms with Crippen LogP contribution < -0.4 is 0 Å². The van der Waals surface area contributed by atoms with Crippen LogP contribution in [0.3, 0.4) is 0 Å². The molecule has 2 heterocycles. The van der Waals surface area contributed by atoms with Crippen LogP contribution in [0.1, 0.15) is 18.4 Å². The van der Waals surface area contributed by atoms with Gasteiger partial charge in [-0.15, -0.1) is 0 Å². The van der Waals surface area contributed by atoms with Crippen LogP contribution in [0.15, 0.2) is 12.3 Å². The molecular weight excluding hydrogens is 206 g/mol. The van der Waals surface area contributed by atoms with Crippen molar-refractivity contribution in [3.05, 3.63) is 22.6 Å². The number of fused-ring (bicyclic) bond motifs is 1. The highest BCUT2D eigenvalue weighted by Crippen LogP contribution is 2.31. The number of aromatic nitrogens is 3. The van der Waals surface area contributed by atoms with Crippen molar-refractivity contribution in [1.29, 1.82) is 0 Å². The number of imidazole rings is 1. The molecule has 3 nitrogen and oxygen atoms in total. The zero-order valence-corrected chi connectivity index (χ0v) is 9.47. The molecule has 78 valence electrons. The second kappa shape index (κ2) is 3.17. The van der Waals surface area contributed by atoms with Crippen LogP contribution in [0.4, 0.5) is 0 Å². The SMILES string of the molecule is Cc1cnc2c(c1)[nH]c(=S)n2CC1CC1. The third-order valence-electron chi connectivity index (χ3n) is 2.88. The van der Waals surface area contributed by atoms with E-state index in [-0.39, 0.29) is 0 Å². The predicted molar refractivity (Wildman–Crippen MR) is 62.4 cm³/mol. The summed E-state index contributed by atoms with van der Waals surface area (Å²) >= 11 is 5.31. The zero-order chi connectivity index (χ0) is 10.4. The second-order valence-electron chi connectivity index (χ2n) is 4.37. The van der Waals surface area contributed by atoms with Crippen molar-refractivity contribution in [2.24, 2.45) is 5.92 Å². The Balaban J connectivity index is 2.18. The molecule has 1 aliphatic rings. The first-order chi connectivity index (χ1) is 7.24. The average Bonchev–Trinajstić information content (AvgIpc) is 2.93. The molecule has 4 heteroatoms. The highest BCUT2D eigenvalue weighted by molar-refractivity contribution is 7.71. The zero-order valence-electron chi connectivity index (χ0n) is 8.66. The van der Waals surface area contributed by atoms with Gasteiger partial charge in [0.25, 0.3) is 0 Å². The van der Waals surface area contributed by atoms with Crippen molar-refractivity contribution >= 4 is 23.4 Å². The molecule has 0 aliphatic heterocycles. The van der Waals surface area contributed by atoms with Crippen molar-refractivity contribution in [3.8, 4) is 0 Å². The largest absolute Gasteiger partial charge is 0.329 e. The molecule has 3 rings (SSSR count). The van der Waals surface area contributed by atoms with Crippen LogP contribution in [-0.2, 0) is 6.54 Å². The first kappa shape index (κ1) is 9.09. The smallest absolute Gasteiger partial charge is 0.179 e. The fourth-order valence-corrected chi connectivity index (χ4v) is 2.15. The average molecular weight is 219 g/mol. The van der Waals surface area contributed by atoms with Crippen molar-refractivity contribution in [1.82, 2.24) is 14.5 Å². The molecule has 2 aromatic rings. The Morgan fingerprint density at radius 2 is 2.40 bits per heavy atom. The number of hydrogen-bond donors (Lipinski definition) is 1.